The molecule has 1 aromatic rings. The van der Waals surface area contributed by atoms with Crippen molar-refractivity contribution in [2.75, 3.05) is 0 Å². The number of aliphatic hydroxyl groups is 1. The van der Waals surface area contributed by atoms with Gasteiger partial charge >= 0.3 is 0 Å². The predicted octanol–water partition coefficient (Wildman–Crippen LogP) is 3.90. The second kappa shape index (κ2) is 4.63. The van der Waals surface area contributed by atoms with E-state index in [1.807, 2.05) is 0 Å². The van der Waals surface area contributed by atoms with Crippen LogP contribution in [-0.2, 0) is 6.42 Å². The van der Waals surface area contributed by atoms with Crippen LogP contribution in [0.4, 0.5) is 0 Å². The first-order valence-corrected chi connectivity index (χ1v) is 8.10. The predicted molar refractivity (Wildman–Crippen MR) is 77.1 cm³/mol. The van der Waals surface area contributed by atoms with E-state index in [0.29, 0.717) is 11.8 Å². The number of rotatable bonds is 3. The summed E-state index contributed by atoms with van der Waals surface area (Å²) in [5.74, 6) is 3.03. The van der Waals surface area contributed by atoms with E-state index < -0.39 is 0 Å². The highest BCUT2D eigenvalue weighted by molar-refractivity contribution is 5.32. The van der Waals surface area contributed by atoms with Gasteiger partial charge in [0, 0.05) is 0 Å². The van der Waals surface area contributed by atoms with Gasteiger partial charge in [-0.2, -0.15) is 0 Å². The molecule has 102 valence electrons. The molecule has 0 spiro atoms. The molecule has 2 fully saturated rings. The maximum Gasteiger partial charge on any atom is 0.0579 e. The minimum absolute atomic E-state index is 0.0357. The molecule has 0 bridgehead atoms. The number of fused-ring (bicyclic) bond motifs is 2. The van der Waals surface area contributed by atoms with Crippen molar-refractivity contribution < 1.29 is 5.11 Å². The smallest absolute Gasteiger partial charge is 0.0579 e. The Labute approximate surface area is 116 Å². The molecule has 4 atom stereocenters. The standard InChI is InChI=1S/C18H24O/c19-17(18-15-9-4-10-16(15)18)11-13-7-3-6-12-5-1-2-8-14(12)13/h1-2,5,8,13,15-19H,3-4,6-7,9-11H2. The number of benzene rings is 1. The minimum Gasteiger partial charge on any atom is -0.393 e. The van der Waals surface area contributed by atoms with Gasteiger partial charge in [0.15, 0.2) is 0 Å². The third-order valence-corrected chi connectivity index (χ3v) is 5.94. The van der Waals surface area contributed by atoms with Crippen LogP contribution in [0.5, 0.6) is 0 Å². The van der Waals surface area contributed by atoms with E-state index in [2.05, 4.69) is 24.3 Å². The lowest BCUT2D eigenvalue weighted by Crippen LogP contribution is -2.20. The third-order valence-electron chi connectivity index (χ3n) is 5.94. The van der Waals surface area contributed by atoms with Crippen molar-refractivity contribution in [3.63, 3.8) is 0 Å². The van der Waals surface area contributed by atoms with Crippen molar-refractivity contribution in [1.29, 1.82) is 0 Å². The molecule has 2 saturated carbocycles. The van der Waals surface area contributed by atoms with E-state index in [-0.39, 0.29) is 6.10 Å². The summed E-state index contributed by atoms with van der Waals surface area (Å²) in [6.45, 7) is 0. The number of aliphatic hydroxyl groups excluding tert-OH is 1. The van der Waals surface area contributed by atoms with Gasteiger partial charge in [-0.05, 0) is 73.3 Å². The van der Waals surface area contributed by atoms with Crippen LogP contribution >= 0.6 is 0 Å². The Morgan fingerprint density at radius 1 is 1.05 bits per heavy atom. The molecule has 0 heterocycles. The second-order valence-electron chi connectivity index (χ2n) is 6.93. The van der Waals surface area contributed by atoms with E-state index in [1.165, 1.54) is 49.7 Å². The Morgan fingerprint density at radius 3 is 2.68 bits per heavy atom. The Bertz CT molecular complexity index is 457. The molecule has 0 saturated heterocycles. The number of hydrogen-bond acceptors (Lipinski definition) is 1. The first-order chi connectivity index (χ1) is 9.34. The lowest BCUT2D eigenvalue weighted by molar-refractivity contribution is 0.115. The molecule has 1 aromatic carbocycles. The molecular weight excluding hydrogens is 232 g/mol. The summed E-state index contributed by atoms with van der Waals surface area (Å²) in [5.41, 5.74) is 3.06. The molecule has 0 amide bonds. The molecule has 1 N–H and O–H groups in total. The minimum atomic E-state index is -0.0357. The zero-order chi connectivity index (χ0) is 12.8. The lowest BCUT2D eigenvalue weighted by Gasteiger charge is -2.27. The molecule has 4 unspecified atom stereocenters. The molecule has 3 aliphatic rings. The first kappa shape index (κ1) is 12.0. The van der Waals surface area contributed by atoms with Crippen LogP contribution in [0.15, 0.2) is 24.3 Å². The van der Waals surface area contributed by atoms with Gasteiger partial charge in [0.1, 0.15) is 0 Å². The van der Waals surface area contributed by atoms with E-state index >= 15 is 0 Å². The largest absolute Gasteiger partial charge is 0.393 e. The summed E-state index contributed by atoms with van der Waals surface area (Å²) in [4.78, 5) is 0. The fourth-order valence-corrected chi connectivity index (χ4v) is 5.00. The van der Waals surface area contributed by atoms with Crippen LogP contribution in [0.3, 0.4) is 0 Å². The maximum atomic E-state index is 10.6. The summed E-state index contributed by atoms with van der Waals surface area (Å²) in [6, 6.07) is 8.89. The average Bonchev–Trinajstić information content (AvgIpc) is 2.93. The van der Waals surface area contributed by atoms with Crippen molar-refractivity contribution in [1.82, 2.24) is 0 Å². The molecule has 0 aromatic heterocycles. The van der Waals surface area contributed by atoms with Gasteiger partial charge in [-0.15, -0.1) is 0 Å². The topological polar surface area (TPSA) is 20.2 Å². The SMILES string of the molecule is OC(CC1CCCc2ccccc21)C1C2CCCC21. The normalized spacial score (nSPS) is 37.5. The van der Waals surface area contributed by atoms with Crippen LogP contribution in [0.25, 0.3) is 0 Å². The quantitative estimate of drug-likeness (QED) is 0.869. The monoisotopic (exact) mass is 256 g/mol. The van der Waals surface area contributed by atoms with Crippen molar-refractivity contribution in [3.05, 3.63) is 35.4 Å². The van der Waals surface area contributed by atoms with Gasteiger partial charge < -0.3 is 5.11 Å². The van der Waals surface area contributed by atoms with E-state index in [4.69, 9.17) is 0 Å². The number of hydrogen-bond donors (Lipinski definition) is 1. The van der Waals surface area contributed by atoms with Crippen molar-refractivity contribution in [2.45, 2.75) is 57.0 Å². The molecule has 3 aliphatic carbocycles. The Balaban J connectivity index is 1.46. The zero-order valence-corrected chi connectivity index (χ0v) is 11.6. The fraction of sp³-hybridized carbons (Fsp3) is 0.667. The molecule has 1 heteroatoms. The van der Waals surface area contributed by atoms with Crippen LogP contribution in [0, 0.1) is 17.8 Å². The van der Waals surface area contributed by atoms with Crippen LogP contribution in [-0.4, -0.2) is 11.2 Å². The average molecular weight is 256 g/mol. The molecule has 0 radical (unpaired) electrons. The van der Waals surface area contributed by atoms with Crippen molar-refractivity contribution >= 4 is 0 Å². The maximum absolute atomic E-state index is 10.6. The van der Waals surface area contributed by atoms with Crippen molar-refractivity contribution in [3.8, 4) is 0 Å². The van der Waals surface area contributed by atoms with Gasteiger partial charge in [0.25, 0.3) is 0 Å². The van der Waals surface area contributed by atoms with Gasteiger partial charge in [-0.1, -0.05) is 30.7 Å². The van der Waals surface area contributed by atoms with E-state index in [0.717, 1.165) is 18.3 Å². The highest BCUT2D eigenvalue weighted by atomic mass is 16.3. The lowest BCUT2D eigenvalue weighted by atomic mass is 9.79. The van der Waals surface area contributed by atoms with Gasteiger partial charge in [-0.3, -0.25) is 0 Å². The second-order valence-corrected chi connectivity index (χ2v) is 6.93. The Hall–Kier alpha value is -0.820. The van der Waals surface area contributed by atoms with Gasteiger partial charge in [0.2, 0.25) is 0 Å². The number of aryl methyl sites for hydroxylation is 1. The van der Waals surface area contributed by atoms with E-state index in [9.17, 15) is 5.11 Å². The molecule has 1 nitrogen and oxygen atoms in total. The molecule has 19 heavy (non-hydrogen) atoms. The Kier molecular flexibility index (Phi) is 2.91. The van der Waals surface area contributed by atoms with E-state index in [1.54, 1.807) is 0 Å². The highest BCUT2D eigenvalue weighted by Gasteiger charge is 2.55. The van der Waals surface area contributed by atoms with Gasteiger partial charge in [-0.25, -0.2) is 0 Å². The zero-order valence-electron chi connectivity index (χ0n) is 11.6. The Morgan fingerprint density at radius 2 is 1.84 bits per heavy atom. The third kappa shape index (κ3) is 2.03. The summed E-state index contributed by atoms with van der Waals surface area (Å²) < 4.78 is 0. The first-order valence-electron chi connectivity index (χ1n) is 8.10. The summed E-state index contributed by atoms with van der Waals surface area (Å²) in [6.07, 6.45) is 8.95. The van der Waals surface area contributed by atoms with Crippen molar-refractivity contribution in [2.24, 2.45) is 17.8 Å². The van der Waals surface area contributed by atoms with Gasteiger partial charge in [0.05, 0.1) is 6.10 Å². The summed E-state index contributed by atoms with van der Waals surface area (Å²) in [7, 11) is 0. The molecule has 0 aliphatic heterocycles. The summed E-state index contributed by atoms with van der Waals surface area (Å²) >= 11 is 0. The van der Waals surface area contributed by atoms with Crippen LogP contribution in [0.2, 0.25) is 0 Å². The van der Waals surface area contributed by atoms with Crippen LogP contribution in [0.1, 0.15) is 55.6 Å². The highest BCUT2D eigenvalue weighted by Crippen LogP contribution is 2.60. The van der Waals surface area contributed by atoms with Crippen LogP contribution < -0.4 is 0 Å². The summed E-state index contributed by atoms with van der Waals surface area (Å²) in [5, 5.41) is 10.6. The molecular formula is C18H24O. The molecule has 4 rings (SSSR count). The fourth-order valence-electron chi connectivity index (χ4n) is 5.00.